The minimum Gasteiger partial charge on any atom is -0.338 e. The Bertz CT molecular complexity index is 273. The van der Waals surface area contributed by atoms with Gasteiger partial charge in [-0.05, 0) is 44.6 Å². The van der Waals surface area contributed by atoms with E-state index in [1.165, 1.54) is 38.5 Å². The zero-order chi connectivity index (χ0) is 11.0. The summed E-state index contributed by atoms with van der Waals surface area (Å²) in [6.45, 7) is 2.05. The lowest BCUT2D eigenvalue weighted by Crippen LogP contribution is -2.47. The highest BCUT2D eigenvalue weighted by Gasteiger charge is 2.40. The molecule has 0 radical (unpaired) electrons. The first-order valence-corrected chi connectivity index (χ1v) is 6.90. The van der Waals surface area contributed by atoms with E-state index in [4.69, 9.17) is 0 Å². The SMILES string of the molecule is O=C([C@@H]1CCCN1)N1CCC2CCCCC21. The molecule has 3 atom stereocenters. The van der Waals surface area contributed by atoms with Gasteiger partial charge in [0.15, 0.2) is 0 Å². The highest BCUT2D eigenvalue weighted by atomic mass is 16.2. The zero-order valence-electron chi connectivity index (χ0n) is 9.95. The van der Waals surface area contributed by atoms with Gasteiger partial charge in [0.25, 0.3) is 0 Å². The molecule has 3 heteroatoms. The summed E-state index contributed by atoms with van der Waals surface area (Å²) in [6.07, 6.45) is 8.78. The lowest BCUT2D eigenvalue weighted by molar-refractivity contribution is -0.134. The molecule has 90 valence electrons. The first-order valence-electron chi connectivity index (χ1n) is 6.90. The highest BCUT2D eigenvalue weighted by molar-refractivity contribution is 5.82. The van der Waals surface area contributed by atoms with Crippen LogP contribution in [0.25, 0.3) is 0 Å². The summed E-state index contributed by atoms with van der Waals surface area (Å²) < 4.78 is 0. The molecule has 0 bridgehead atoms. The second-order valence-electron chi connectivity index (χ2n) is 5.58. The summed E-state index contributed by atoms with van der Waals surface area (Å²) in [6, 6.07) is 0.726. The maximum absolute atomic E-state index is 12.4. The Labute approximate surface area is 97.6 Å². The van der Waals surface area contributed by atoms with Crippen molar-refractivity contribution >= 4 is 5.91 Å². The predicted molar refractivity (Wildman–Crippen MR) is 63.1 cm³/mol. The summed E-state index contributed by atoms with van der Waals surface area (Å²) in [5.41, 5.74) is 0. The number of fused-ring (bicyclic) bond motifs is 1. The van der Waals surface area contributed by atoms with Crippen LogP contribution >= 0.6 is 0 Å². The van der Waals surface area contributed by atoms with Crippen LogP contribution < -0.4 is 5.32 Å². The minimum atomic E-state index is 0.140. The zero-order valence-corrected chi connectivity index (χ0v) is 9.95. The van der Waals surface area contributed by atoms with Gasteiger partial charge in [-0.3, -0.25) is 4.79 Å². The number of hydrogen-bond donors (Lipinski definition) is 1. The predicted octanol–water partition coefficient (Wildman–Crippen LogP) is 1.53. The molecule has 0 aromatic rings. The molecule has 16 heavy (non-hydrogen) atoms. The van der Waals surface area contributed by atoms with E-state index in [2.05, 4.69) is 10.2 Å². The van der Waals surface area contributed by atoms with Crippen molar-refractivity contribution in [3.8, 4) is 0 Å². The molecule has 1 saturated carbocycles. The van der Waals surface area contributed by atoms with Gasteiger partial charge in [0.1, 0.15) is 0 Å². The van der Waals surface area contributed by atoms with Crippen LogP contribution in [0.5, 0.6) is 0 Å². The van der Waals surface area contributed by atoms with E-state index >= 15 is 0 Å². The third kappa shape index (κ3) is 1.75. The second kappa shape index (κ2) is 4.36. The van der Waals surface area contributed by atoms with E-state index < -0.39 is 0 Å². The molecule has 2 saturated heterocycles. The number of nitrogens with zero attached hydrogens (tertiary/aromatic N) is 1. The van der Waals surface area contributed by atoms with Crippen LogP contribution in [-0.4, -0.2) is 36.0 Å². The fourth-order valence-electron chi connectivity index (χ4n) is 3.77. The molecule has 3 fully saturated rings. The molecule has 1 amide bonds. The molecule has 2 unspecified atom stereocenters. The third-order valence-corrected chi connectivity index (χ3v) is 4.65. The Kier molecular flexibility index (Phi) is 2.88. The smallest absolute Gasteiger partial charge is 0.239 e. The van der Waals surface area contributed by atoms with Crippen molar-refractivity contribution in [1.82, 2.24) is 10.2 Å². The van der Waals surface area contributed by atoms with Crippen molar-refractivity contribution in [2.45, 2.75) is 57.0 Å². The van der Waals surface area contributed by atoms with Crippen LogP contribution in [0, 0.1) is 5.92 Å². The average Bonchev–Trinajstić information content (AvgIpc) is 2.98. The van der Waals surface area contributed by atoms with Crippen molar-refractivity contribution in [1.29, 1.82) is 0 Å². The molecule has 0 spiro atoms. The van der Waals surface area contributed by atoms with Gasteiger partial charge >= 0.3 is 0 Å². The van der Waals surface area contributed by atoms with Crippen LogP contribution in [0.3, 0.4) is 0 Å². The lowest BCUT2D eigenvalue weighted by atomic mass is 9.85. The number of rotatable bonds is 1. The molecule has 0 aromatic heterocycles. The number of likely N-dealkylation sites (tertiary alicyclic amines) is 1. The normalized spacial score (nSPS) is 38.8. The molecule has 2 heterocycles. The first-order chi connectivity index (χ1) is 7.86. The fourth-order valence-corrected chi connectivity index (χ4v) is 3.77. The van der Waals surface area contributed by atoms with E-state index in [0.29, 0.717) is 11.9 Å². The fraction of sp³-hybridized carbons (Fsp3) is 0.923. The van der Waals surface area contributed by atoms with Crippen LogP contribution in [0.1, 0.15) is 44.9 Å². The van der Waals surface area contributed by atoms with Gasteiger partial charge in [0.2, 0.25) is 5.91 Å². The summed E-state index contributed by atoms with van der Waals surface area (Å²) in [4.78, 5) is 14.6. The number of amides is 1. The number of nitrogens with one attached hydrogen (secondary N) is 1. The van der Waals surface area contributed by atoms with Crippen LogP contribution in [-0.2, 0) is 4.79 Å². The van der Waals surface area contributed by atoms with E-state index in [9.17, 15) is 4.79 Å². The Morgan fingerprint density at radius 2 is 1.94 bits per heavy atom. The molecule has 3 rings (SSSR count). The van der Waals surface area contributed by atoms with Crippen molar-refractivity contribution in [2.24, 2.45) is 5.92 Å². The summed E-state index contributed by atoms with van der Waals surface area (Å²) in [7, 11) is 0. The quantitative estimate of drug-likeness (QED) is 0.729. The lowest BCUT2D eigenvalue weighted by Gasteiger charge is -2.33. The topological polar surface area (TPSA) is 32.3 Å². The Morgan fingerprint density at radius 3 is 2.75 bits per heavy atom. The molecule has 1 N–H and O–H groups in total. The first kappa shape index (κ1) is 10.6. The Morgan fingerprint density at radius 1 is 1.06 bits per heavy atom. The Hall–Kier alpha value is -0.570. The van der Waals surface area contributed by atoms with Gasteiger partial charge in [-0.1, -0.05) is 12.8 Å². The molecule has 0 aromatic carbocycles. The summed E-state index contributed by atoms with van der Waals surface area (Å²) in [5, 5.41) is 3.34. The largest absolute Gasteiger partial charge is 0.338 e. The van der Waals surface area contributed by atoms with Crippen molar-refractivity contribution in [3.05, 3.63) is 0 Å². The minimum absolute atomic E-state index is 0.140. The highest BCUT2D eigenvalue weighted by Crippen LogP contribution is 2.36. The van der Waals surface area contributed by atoms with Gasteiger partial charge in [-0.2, -0.15) is 0 Å². The maximum Gasteiger partial charge on any atom is 0.239 e. The second-order valence-corrected chi connectivity index (χ2v) is 5.58. The van der Waals surface area contributed by atoms with Gasteiger partial charge in [-0.25, -0.2) is 0 Å². The molecular weight excluding hydrogens is 200 g/mol. The maximum atomic E-state index is 12.4. The van der Waals surface area contributed by atoms with Gasteiger partial charge in [0.05, 0.1) is 6.04 Å². The molecule has 3 nitrogen and oxygen atoms in total. The molecule has 1 aliphatic carbocycles. The summed E-state index contributed by atoms with van der Waals surface area (Å²) in [5.74, 6) is 1.21. The van der Waals surface area contributed by atoms with E-state index in [1.807, 2.05) is 0 Å². The van der Waals surface area contributed by atoms with Gasteiger partial charge in [-0.15, -0.1) is 0 Å². The van der Waals surface area contributed by atoms with E-state index in [-0.39, 0.29) is 6.04 Å². The van der Waals surface area contributed by atoms with Gasteiger partial charge < -0.3 is 10.2 Å². The third-order valence-electron chi connectivity index (χ3n) is 4.65. The van der Waals surface area contributed by atoms with Crippen LogP contribution in [0.4, 0.5) is 0 Å². The average molecular weight is 222 g/mol. The van der Waals surface area contributed by atoms with Crippen LogP contribution in [0.15, 0.2) is 0 Å². The monoisotopic (exact) mass is 222 g/mol. The molecular formula is C13H22N2O. The van der Waals surface area contributed by atoms with Crippen molar-refractivity contribution < 1.29 is 4.79 Å². The van der Waals surface area contributed by atoms with Gasteiger partial charge in [0, 0.05) is 12.6 Å². The standard InChI is InChI=1S/C13H22N2O/c16-13(11-5-3-8-14-11)15-9-7-10-4-1-2-6-12(10)15/h10-12,14H,1-9H2/t10?,11-,12?/m0/s1. The number of carbonyl (C=O) groups excluding carboxylic acids is 1. The molecule has 2 aliphatic heterocycles. The van der Waals surface area contributed by atoms with Crippen molar-refractivity contribution in [3.63, 3.8) is 0 Å². The van der Waals surface area contributed by atoms with Crippen LogP contribution in [0.2, 0.25) is 0 Å². The van der Waals surface area contributed by atoms with Crippen molar-refractivity contribution in [2.75, 3.05) is 13.1 Å². The van der Waals surface area contributed by atoms with E-state index in [1.54, 1.807) is 0 Å². The van der Waals surface area contributed by atoms with E-state index in [0.717, 1.165) is 25.4 Å². The summed E-state index contributed by atoms with van der Waals surface area (Å²) >= 11 is 0. The molecule has 3 aliphatic rings. The number of hydrogen-bond acceptors (Lipinski definition) is 2. The number of carbonyl (C=O) groups is 1. The Balaban J connectivity index is 1.67.